The molecule has 2 N–H and O–H groups in total. The van der Waals surface area contributed by atoms with E-state index in [0.717, 1.165) is 18.8 Å². The summed E-state index contributed by atoms with van der Waals surface area (Å²) >= 11 is 0. The molecule has 7 nitrogen and oxygen atoms in total. The summed E-state index contributed by atoms with van der Waals surface area (Å²) in [7, 11) is 0. The van der Waals surface area contributed by atoms with Gasteiger partial charge < -0.3 is 19.5 Å². The minimum atomic E-state index is -0.782. The molecular weight excluding hydrogens is 346 g/mol. The first-order chi connectivity index (χ1) is 13.1. The Morgan fingerprint density at radius 2 is 2.00 bits per heavy atom. The fourth-order valence-electron chi connectivity index (χ4n) is 2.81. The molecule has 1 amide bonds. The number of benzene rings is 2. The molecule has 2 aromatic rings. The number of nitrogens with one attached hydrogen (secondary N) is 1. The van der Waals surface area contributed by atoms with Gasteiger partial charge in [0.05, 0.1) is 6.21 Å². The van der Waals surface area contributed by atoms with Crippen LogP contribution in [-0.2, 0) is 4.79 Å². The van der Waals surface area contributed by atoms with Gasteiger partial charge in [0.1, 0.15) is 12.4 Å². The number of phenols is 1. The standard InChI is InChI=1S/C20H23N3O4/c1-3-23(4-2)15-10-9-14(16(24)11-15)12-21-22-20(25)19-13-26-17-7-5-6-8-18(17)27-19/h5-12,19,24H,3-4,13H2,1-2H3,(H,22,25). The molecule has 1 atom stereocenters. The highest BCUT2D eigenvalue weighted by molar-refractivity contribution is 5.87. The topological polar surface area (TPSA) is 83.4 Å². The number of carbonyl (C=O) groups excluding carboxylic acids is 1. The Balaban J connectivity index is 1.60. The van der Waals surface area contributed by atoms with Crippen molar-refractivity contribution < 1.29 is 19.4 Å². The van der Waals surface area contributed by atoms with E-state index >= 15 is 0 Å². The zero-order valence-corrected chi connectivity index (χ0v) is 15.4. The van der Waals surface area contributed by atoms with Crippen LogP contribution in [0.5, 0.6) is 17.2 Å². The second-order valence-corrected chi connectivity index (χ2v) is 6.01. The first-order valence-electron chi connectivity index (χ1n) is 8.91. The molecule has 142 valence electrons. The Labute approximate surface area is 158 Å². The number of hydrazone groups is 1. The van der Waals surface area contributed by atoms with Crippen molar-refractivity contribution in [3.8, 4) is 17.2 Å². The lowest BCUT2D eigenvalue weighted by atomic mass is 10.2. The number of para-hydroxylation sites is 2. The van der Waals surface area contributed by atoms with Crippen LogP contribution in [0.1, 0.15) is 19.4 Å². The number of carbonyl (C=O) groups is 1. The van der Waals surface area contributed by atoms with Crippen molar-refractivity contribution in [3.05, 3.63) is 48.0 Å². The summed E-state index contributed by atoms with van der Waals surface area (Å²) in [5.41, 5.74) is 3.87. The number of rotatable bonds is 6. The highest BCUT2D eigenvalue weighted by Gasteiger charge is 2.27. The number of hydrogen-bond acceptors (Lipinski definition) is 6. The van der Waals surface area contributed by atoms with Gasteiger partial charge in [-0.25, -0.2) is 5.43 Å². The largest absolute Gasteiger partial charge is 0.507 e. The molecule has 0 saturated carbocycles. The fraction of sp³-hybridized carbons (Fsp3) is 0.300. The number of anilines is 1. The monoisotopic (exact) mass is 369 g/mol. The van der Waals surface area contributed by atoms with Crippen LogP contribution >= 0.6 is 0 Å². The van der Waals surface area contributed by atoms with Crippen LogP contribution < -0.4 is 19.8 Å². The summed E-state index contributed by atoms with van der Waals surface area (Å²) in [4.78, 5) is 14.3. The Morgan fingerprint density at radius 3 is 2.70 bits per heavy atom. The van der Waals surface area contributed by atoms with Crippen LogP contribution in [0.4, 0.5) is 5.69 Å². The molecule has 7 heteroatoms. The molecular formula is C20H23N3O4. The molecule has 1 heterocycles. The predicted molar refractivity (Wildman–Crippen MR) is 104 cm³/mol. The van der Waals surface area contributed by atoms with Gasteiger partial charge in [-0.2, -0.15) is 5.10 Å². The van der Waals surface area contributed by atoms with Crippen molar-refractivity contribution in [1.29, 1.82) is 0 Å². The average Bonchev–Trinajstić information content (AvgIpc) is 2.70. The lowest BCUT2D eigenvalue weighted by Crippen LogP contribution is -2.42. The Hall–Kier alpha value is -3.22. The third-order valence-electron chi connectivity index (χ3n) is 4.32. The molecule has 0 bridgehead atoms. The van der Waals surface area contributed by atoms with E-state index < -0.39 is 12.0 Å². The number of hydrogen-bond donors (Lipinski definition) is 2. The molecule has 1 aliphatic rings. The molecule has 0 aromatic heterocycles. The van der Waals surface area contributed by atoms with E-state index in [4.69, 9.17) is 9.47 Å². The molecule has 27 heavy (non-hydrogen) atoms. The Bertz CT molecular complexity index is 834. The Kier molecular flexibility index (Phi) is 5.80. The van der Waals surface area contributed by atoms with E-state index in [2.05, 4.69) is 29.3 Å². The first kappa shape index (κ1) is 18.6. The van der Waals surface area contributed by atoms with Crippen molar-refractivity contribution in [3.63, 3.8) is 0 Å². The second kappa shape index (κ2) is 8.44. The molecule has 0 saturated heterocycles. The highest BCUT2D eigenvalue weighted by Crippen LogP contribution is 2.30. The lowest BCUT2D eigenvalue weighted by Gasteiger charge is -2.24. The molecule has 1 unspecified atom stereocenters. The number of ether oxygens (including phenoxy) is 2. The van der Waals surface area contributed by atoms with Crippen LogP contribution in [0.3, 0.4) is 0 Å². The molecule has 0 aliphatic carbocycles. The fourth-order valence-corrected chi connectivity index (χ4v) is 2.81. The maximum atomic E-state index is 12.2. The van der Waals surface area contributed by atoms with Crippen molar-refractivity contribution in [2.45, 2.75) is 20.0 Å². The Morgan fingerprint density at radius 1 is 1.26 bits per heavy atom. The quantitative estimate of drug-likeness (QED) is 0.604. The van der Waals surface area contributed by atoms with Crippen LogP contribution in [0, 0.1) is 0 Å². The minimum absolute atomic E-state index is 0.101. The van der Waals surface area contributed by atoms with E-state index in [0.29, 0.717) is 17.1 Å². The van der Waals surface area contributed by atoms with Gasteiger partial charge in [-0.15, -0.1) is 0 Å². The molecule has 1 aliphatic heterocycles. The maximum absolute atomic E-state index is 12.2. The summed E-state index contributed by atoms with van der Waals surface area (Å²) < 4.78 is 11.1. The average molecular weight is 369 g/mol. The SMILES string of the molecule is CCN(CC)c1ccc(C=NNC(=O)C2COc3ccccc3O2)c(O)c1. The van der Waals surface area contributed by atoms with Gasteiger partial charge in [0.25, 0.3) is 5.91 Å². The summed E-state index contributed by atoms with van der Waals surface area (Å²) in [6.45, 7) is 5.93. The first-order valence-corrected chi connectivity index (χ1v) is 8.91. The van der Waals surface area contributed by atoms with Crippen LogP contribution in [0.15, 0.2) is 47.6 Å². The zero-order valence-electron chi connectivity index (χ0n) is 15.4. The lowest BCUT2D eigenvalue weighted by molar-refractivity contribution is -0.130. The van der Waals surface area contributed by atoms with Gasteiger partial charge >= 0.3 is 0 Å². The smallest absolute Gasteiger partial charge is 0.284 e. The summed E-state index contributed by atoms with van der Waals surface area (Å²) in [5.74, 6) is 0.823. The predicted octanol–water partition coefficient (Wildman–Crippen LogP) is 2.53. The molecule has 0 radical (unpaired) electrons. The van der Waals surface area contributed by atoms with E-state index in [9.17, 15) is 9.90 Å². The number of amides is 1. The van der Waals surface area contributed by atoms with E-state index in [1.54, 1.807) is 24.3 Å². The van der Waals surface area contributed by atoms with Crippen LogP contribution in [0.25, 0.3) is 0 Å². The van der Waals surface area contributed by atoms with Crippen molar-refractivity contribution in [2.75, 3.05) is 24.6 Å². The van der Waals surface area contributed by atoms with Gasteiger partial charge in [-0.1, -0.05) is 12.1 Å². The van der Waals surface area contributed by atoms with Crippen LogP contribution in [0.2, 0.25) is 0 Å². The summed E-state index contributed by atoms with van der Waals surface area (Å²) in [6.07, 6.45) is 0.618. The van der Waals surface area contributed by atoms with Gasteiger partial charge in [0.15, 0.2) is 11.5 Å². The number of fused-ring (bicyclic) bond motifs is 1. The van der Waals surface area contributed by atoms with E-state index in [1.165, 1.54) is 6.21 Å². The molecule has 0 fully saturated rings. The zero-order chi connectivity index (χ0) is 19.2. The second-order valence-electron chi connectivity index (χ2n) is 6.01. The third-order valence-corrected chi connectivity index (χ3v) is 4.32. The molecule has 2 aromatic carbocycles. The number of nitrogens with zero attached hydrogens (tertiary/aromatic N) is 2. The van der Waals surface area contributed by atoms with Crippen LogP contribution in [-0.4, -0.2) is 43.0 Å². The summed E-state index contributed by atoms with van der Waals surface area (Å²) in [5, 5.41) is 14.1. The maximum Gasteiger partial charge on any atom is 0.284 e. The van der Waals surface area contributed by atoms with Crippen molar-refractivity contribution in [2.24, 2.45) is 5.10 Å². The minimum Gasteiger partial charge on any atom is -0.507 e. The summed E-state index contributed by atoms with van der Waals surface area (Å²) in [6, 6.07) is 12.5. The van der Waals surface area contributed by atoms with E-state index in [-0.39, 0.29) is 12.4 Å². The normalized spacial score (nSPS) is 15.6. The van der Waals surface area contributed by atoms with E-state index in [1.807, 2.05) is 18.2 Å². The van der Waals surface area contributed by atoms with Gasteiger partial charge in [-0.05, 0) is 38.1 Å². The number of aromatic hydroxyl groups is 1. The molecule has 3 rings (SSSR count). The van der Waals surface area contributed by atoms with Gasteiger partial charge in [0, 0.05) is 30.4 Å². The van der Waals surface area contributed by atoms with Crippen molar-refractivity contribution >= 4 is 17.8 Å². The van der Waals surface area contributed by atoms with Gasteiger partial charge in [-0.3, -0.25) is 4.79 Å². The van der Waals surface area contributed by atoms with Gasteiger partial charge in [0.2, 0.25) is 6.10 Å². The molecule has 0 spiro atoms. The van der Waals surface area contributed by atoms with Crippen molar-refractivity contribution in [1.82, 2.24) is 5.43 Å². The highest BCUT2D eigenvalue weighted by atomic mass is 16.6. The number of phenolic OH excluding ortho intramolecular Hbond substituents is 1. The third kappa shape index (κ3) is 4.31.